The number of halogens is 1. The summed E-state index contributed by atoms with van der Waals surface area (Å²) in [6.45, 7) is 3.55. The molecule has 2 aromatic carbocycles. The van der Waals surface area contributed by atoms with Crippen LogP contribution in [-0.4, -0.2) is 21.1 Å². The maximum absolute atomic E-state index is 12.0. The lowest BCUT2D eigenvalue weighted by atomic mass is 10.2. The first kappa shape index (κ1) is 16.8. The number of hydrogen-bond acceptors (Lipinski definition) is 4. The van der Waals surface area contributed by atoms with Gasteiger partial charge < -0.3 is 4.74 Å². The van der Waals surface area contributed by atoms with Gasteiger partial charge in [0.25, 0.3) is 10.1 Å². The lowest BCUT2D eigenvalue weighted by Gasteiger charge is -2.15. The zero-order valence-electron chi connectivity index (χ0n) is 12.3. The Morgan fingerprint density at radius 3 is 2.23 bits per heavy atom. The van der Waals surface area contributed by atoms with Crippen LogP contribution in [0.3, 0.4) is 0 Å². The summed E-state index contributed by atoms with van der Waals surface area (Å²) >= 11 is 5.79. The lowest BCUT2D eigenvalue weighted by molar-refractivity contribution is 0.146. The van der Waals surface area contributed by atoms with Crippen molar-refractivity contribution in [2.75, 3.05) is 6.61 Å². The van der Waals surface area contributed by atoms with Crippen molar-refractivity contribution >= 4 is 21.7 Å². The monoisotopic (exact) mass is 340 g/mol. The van der Waals surface area contributed by atoms with Crippen LogP contribution in [0, 0.1) is 6.92 Å². The molecule has 0 aliphatic carbocycles. The Balaban J connectivity index is 1.93. The van der Waals surface area contributed by atoms with Crippen LogP contribution >= 0.6 is 11.6 Å². The summed E-state index contributed by atoms with van der Waals surface area (Å²) in [4.78, 5) is 0.136. The Bertz CT molecular complexity index is 709. The summed E-state index contributed by atoms with van der Waals surface area (Å²) < 4.78 is 34.7. The third-order valence-corrected chi connectivity index (χ3v) is 4.47. The first-order valence-electron chi connectivity index (χ1n) is 6.75. The lowest BCUT2D eigenvalue weighted by Crippen LogP contribution is -2.21. The van der Waals surface area contributed by atoms with Gasteiger partial charge in [0.05, 0.1) is 4.90 Å². The van der Waals surface area contributed by atoms with Gasteiger partial charge in [0, 0.05) is 5.02 Å². The van der Waals surface area contributed by atoms with Crippen LogP contribution in [-0.2, 0) is 14.3 Å². The minimum atomic E-state index is -3.77. The van der Waals surface area contributed by atoms with Crippen LogP contribution in [0.1, 0.15) is 12.5 Å². The summed E-state index contributed by atoms with van der Waals surface area (Å²) in [6, 6.07) is 13.3. The zero-order chi connectivity index (χ0) is 16.2. The Hall–Kier alpha value is -1.56. The largest absolute Gasteiger partial charge is 0.488 e. The number of aryl methyl sites for hydroxylation is 1. The van der Waals surface area contributed by atoms with Crippen LogP contribution in [0.15, 0.2) is 53.4 Å². The minimum absolute atomic E-state index is 0.0706. The van der Waals surface area contributed by atoms with Gasteiger partial charge in [0.2, 0.25) is 0 Å². The molecule has 0 aliphatic rings. The Morgan fingerprint density at radius 1 is 1.05 bits per heavy atom. The topological polar surface area (TPSA) is 52.6 Å². The van der Waals surface area contributed by atoms with Crippen molar-refractivity contribution in [3.8, 4) is 5.75 Å². The fourth-order valence-electron chi connectivity index (χ4n) is 1.74. The van der Waals surface area contributed by atoms with Crippen LogP contribution in [0.25, 0.3) is 0 Å². The van der Waals surface area contributed by atoms with Crippen LogP contribution in [0.5, 0.6) is 5.75 Å². The van der Waals surface area contributed by atoms with Crippen LogP contribution in [0.2, 0.25) is 5.02 Å². The molecule has 22 heavy (non-hydrogen) atoms. The van der Waals surface area contributed by atoms with Crippen molar-refractivity contribution < 1.29 is 17.3 Å². The van der Waals surface area contributed by atoms with Crippen molar-refractivity contribution in [1.82, 2.24) is 0 Å². The average Bonchev–Trinajstić information content (AvgIpc) is 2.48. The van der Waals surface area contributed by atoms with E-state index in [0.29, 0.717) is 10.8 Å². The van der Waals surface area contributed by atoms with E-state index in [9.17, 15) is 8.42 Å². The second-order valence-corrected chi connectivity index (χ2v) is 6.99. The highest BCUT2D eigenvalue weighted by atomic mass is 35.5. The van der Waals surface area contributed by atoms with Gasteiger partial charge >= 0.3 is 0 Å². The highest BCUT2D eigenvalue weighted by Gasteiger charge is 2.17. The quantitative estimate of drug-likeness (QED) is 0.750. The van der Waals surface area contributed by atoms with Gasteiger partial charge in [0.15, 0.2) is 0 Å². The standard InChI is InChI=1S/C16H17ClO4S/c1-12-3-9-16(10-4-12)22(18,19)20-11-13(2)21-15-7-5-14(17)6-8-15/h3-10,13H,11H2,1-2H3. The Kier molecular flexibility index (Phi) is 5.45. The third kappa shape index (κ3) is 4.73. The van der Waals surface area contributed by atoms with Crippen molar-refractivity contribution in [2.45, 2.75) is 24.8 Å². The molecule has 0 heterocycles. The molecule has 0 N–H and O–H groups in total. The molecule has 0 saturated heterocycles. The van der Waals surface area contributed by atoms with Crippen molar-refractivity contribution in [3.63, 3.8) is 0 Å². The van der Waals surface area contributed by atoms with E-state index in [1.54, 1.807) is 43.3 Å². The van der Waals surface area contributed by atoms with Crippen molar-refractivity contribution in [3.05, 3.63) is 59.1 Å². The van der Waals surface area contributed by atoms with E-state index < -0.39 is 16.2 Å². The molecule has 2 rings (SSSR count). The molecule has 118 valence electrons. The minimum Gasteiger partial charge on any atom is -0.488 e. The van der Waals surface area contributed by atoms with E-state index in [0.717, 1.165) is 5.56 Å². The Labute approximate surface area is 135 Å². The van der Waals surface area contributed by atoms with Gasteiger partial charge in [-0.15, -0.1) is 0 Å². The van der Waals surface area contributed by atoms with Gasteiger partial charge in [-0.25, -0.2) is 0 Å². The van der Waals surface area contributed by atoms with Gasteiger partial charge in [-0.1, -0.05) is 29.3 Å². The second-order valence-electron chi connectivity index (χ2n) is 4.93. The summed E-state index contributed by atoms with van der Waals surface area (Å²) in [7, 11) is -3.77. The van der Waals surface area contributed by atoms with Crippen molar-refractivity contribution in [2.24, 2.45) is 0 Å². The van der Waals surface area contributed by atoms with Crippen molar-refractivity contribution in [1.29, 1.82) is 0 Å². The van der Waals surface area contributed by atoms with E-state index >= 15 is 0 Å². The van der Waals surface area contributed by atoms with E-state index in [1.165, 1.54) is 12.1 Å². The molecule has 1 atom stereocenters. The zero-order valence-corrected chi connectivity index (χ0v) is 13.9. The number of hydrogen-bond donors (Lipinski definition) is 0. The smallest absolute Gasteiger partial charge is 0.297 e. The SMILES string of the molecule is Cc1ccc(S(=O)(=O)OCC(C)Oc2ccc(Cl)cc2)cc1. The molecule has 0 amide bonds. The van der Waals surface area contributed by atoms with Gasteiger partial charge in [-0.2, -0.15) is 8.42 Å². The van der Waals surface area contributed by atoms with E-state index in [4.69, 9.17) is 20.5 Å². The molecule has 0 radical (unpaired) electrons. The fourth-order valence-corrected chi connectivity index (χ4v) is 2.84. The molecule has 0 fully saturated rings. The third-order valence-electron chi connectivity index (χ3n) is 2.92. The first-order valence-corrected chi connectivity index (χ1v) is 8.54. The molecular formula is C16H17ClO4S. The highest BCUT2D eigenvalue weighted by molar-refractivity contribution is 7.86. The summed E-state index contributed by atoms with van der Waals surface area (Å²) in [6.07, 6.45) is -0.415. The maximum Gasteiger partial charge on any atom is 0.297 e. The number of rotatable bonds is 6. The summed E-state index contributed by atoms with van der Waals surface area (Å²) in [5.41, 5.74) is 0.985. The molecule has 0 spiro atoms. The van der Waals surface area contributed by atoms with E-state index in [-0.39, 0.29) is 11.5 Å². The molecule has 0 saturated carbocycles. The normalized spacial score (nSPS) is 12.9. The fraction of sp³-hybridized carbons (Fsp3) is 0.250. The summed E-state index contributed by atoms with van der Waals surface area (Å²) in [5, 5.41) is 0.609. The second kappa shape index (κ2) is 7.13. The molecule has 1 unspecified atom stereocenters. The Morgan fingerprint density at radius 2 is 1.64 bits per heavy atom. The van der Waals surface area contributed by atoms with Crippen LogP contribution in [0.4, 0.5) is 0 Å². The number of ether oxygens (including phenoxy) is 1. The average molecular weight is 341 g/mol. The van der Waals surface area contributed by atoms with Crippen LogP contribution < -0.4 is 4.74 Å². The predicted octanol–water partition coefficient (Wildman–Crippen LogP) is 3.82. The maximum atomic E-state index is 12.0. The van der Waals surface area contributed by atoms with E-state index in [2.05, 4.69) is 0 Å². The molecule has 6 heteroatoms. The molecule has 0 aliphatic heterocycles. The van der Waals surface area contributed by atoms with Gasteiger partial charge in [0.1, 0.15) is 18.5 Å². The summed E-state index contributed by atoms with van der Waals surface area (Å²) in [5.74, 6) is 0.605. The molecule has 0 aromatic heterocycles. The van der Waals surface area contributed by atoms with Gasteiger partial charge in [-0.3, -0.25) is 4.18 Å². The first-order chi connectivity index (χ1) is 10.4. The van der Waals surface area contributed by atoms with E-state index in [1.807, 2.05) is 6.92 Å². The molecule has 2 aromatic rings. The molecule has 0 bridgehead atoms. The molecule has 4 nitrogen and oxygen atoms in total. The van der Waals surface area contributed by atoms with Gasteiger partial charge in [-0.05, 0) is 50.2 Å². The number of benzene rings is 2. The highest BCUT2D eigenvalue weighted by Crippen LogP contribution is 2.18. The molecular weight excluding hydrogens is 324 g/mol. The predicted molar refractivity (Wildman–Crippen MR) is 85.9 cm³/mol.